The van der Waals surface area contributed by atoms with Gasteiger partial charge in [-0.05, 0) is 62.2 Å². The molecule has 0 bridgehead atoms. The summed E-state index contributed by atoms with van der Waals surface area (Å²) in [6.45, 7) is 3.87. The largest absolute Gasteiger partial charge is 0.486 e. The lowest BCUT2D eigenvalue weighted by Gasteiger charge is -2.26. The Kier molecular flexibility index (Phi) is 6.60. The molecule has 0 aliphatic carbocycles. The zero-order valence-electron chi connectivity index (χ0n) is 16.6. The van der Waals surface area contributed by atoms with E-state index in [2.05, 4.69) is 22.6 Å². The van der Waals surface area contributed by atoms with Crippen LogP contribution in [0.3, 0.4) is 0 Å². The Bertz CT molecular complexity index is 1010. The highest BCUT2D eigenvalue weighted by molar-refractivity contribution is 6.35. The smallest absolute Gasteiger partial charge is 0.138 e. The van der Waals surface area contributed by atoms with Crippen LogP contribution in [0.5, 0.6) is 5.75 Å². The molecule has 0 spiro atoms. The topological polar surface area (TPSA) is 17.4 Å². The normalized spacial score (nSPS) is 15.2. The number of hydrogen-bond acceptors (Lipinski definition) is 2. The van der Waals surface area contributed by atoms with Gasteiger partial charge in [0.2, 0.25) is 0 Å². The average molecular weight is 452 g/mol. The standard InChI is InChI=1S/C23H25Cl3N2O/c1-27-21(15-29-22-9-8-16(24)14-20(22)26)17(10-13-28-11-3-2-4-12-28)18-6-5-7-19(25)23(18)27/h5-9,14H,2-4,10-13,15H2,1H3. The fraction of sp³-hybridized carbons (Fsp3) is 0.391. The molecule has 0 N–H and O–H groups in total. The number of likely N-dealkylation sites (tertiary alicyclic amines) is 1. The van der Waals surface area contributed by atoms with Crippen molar-refractivity contribution in [3.8, 4) is 5.75 Å². The summed E-state index contributed by atoms with van der Waals surface area (Å²) in [6, 6.07) is 11.4. The molecule has 1 fully saturated rings. The molecule has 1 aromatic heterocycles. The maximum absolute atomic E-state index is 6.55. The summed E-state index contributed by atoms with van der Waals surface area (Å²) < 4.78 is 8.25. The van der Waals surface area contributed by atoms with Crippen LogP contribution >= 0.6 is 34.8 Å². The minimum absolute atomic E-state index is 0.429. The van der Waals surface area contributed by atoms with Gasteiger partial charge in [-0.15, -0.1) is 0 Å². The van der Waals surface area contributed by atoms with Crippen LogP contribution in [0.2, 0.25) is 15.1 Å². The van der Waals surface area contributed by atoms with Crippen molar-refractivity contribution in [2.24, 2.45) is 7.05 Å². The molecule has 1 aliphatic heterocycles. The Morgan fingerprint density at radius 1 is 0.966 bits per heavy atom. The van der Waals surface area contributed by atoms with E-state index < -0.39 is 0 Å². The monoisotopic (exact) mass is 450 g/mol. The van der Waals surface area contributed by atoms with E-state index in [-0.39, 0.29) is 0 Å². The molecule has 2 aromatic carbocycles. The third-order valence-corrected chi connectivity index (χ3v) is 6.62. The molecule has 0 atom stereocenters. The Balaban J connectivity index is 1.63. The number of hydrogen-bond donors (Lipinski definition) is 0. The van der Waals surface area contributed by atoms with Crippen LogP contribution in [0.25, 0.3) is 10.9 Å². The molecule has 3 aromatic rings. The molecule has 3 nitrogen and oxygen atoms in total. The van der Waals surface area contributed by atoms with Crippen molar-refractivity contribution in [3.05, 3.63) is 62.7 Å². The average Bonchev–Trinajstić information content (AvgIpc) is 2.99. The number of aryl methyl sites for hydroxylation is 1. The molecule has 154 valence electrons. The fourth-order valence-corrected chi connectivity index (χ4v) is 5.01. The molecule has 0 amide bonds. The predicted molar refractivity (Wildman–Crippen MR) is 123 cm³/mol. The van der Waals surface area contributed by atoms with E-state index >= 15 is 0 Å². The molecule has 6 heteroatoms. The van der Waals surface area contributed by atoms with Crippen molar-refractivity contribution < 1.29 is 4.74 Å². The minimum atomic E-state index is 0.429. The highest BCUT2D eigenvalue weighted by atomic mass is 35.5. The summed E-state index contributed by atoms with van der Waals surface area (Å²) >= 11 is 18.9. The molecule has 0 saturated carbocycles. The molecule has 4 rings (SSSR count). The van der Waals surface area contributed by atoms with Crippen LogP contribution in [0.1, 0.15) is 30.5 Å². The van der Waals surface area contributed by atoms with Crippen LogP contribution in [-0.2, 0) is 20.1 Å². The lowest BCUT2D eigenvalue weighted by Crippen LogP contribution is -2.31. The number of halogens is 3. The zero-order valence-corrected chi connectivity index (χ0v) is 18.8. The van der Waals surface area contributed by atoms with E-state index in [9.17, 15) is 0 Å². The fourth-order valence-electron chi connectivity index (χ4n) is 4.25. The van der Waals surface area contributed by atoms with Gasteiger partial charge in [-0.2, -0.15) is 0 Å². The Labute approximate surface area is 187 Å². The van der Waals surface area contributed by atoms with Gasteiger partial charge in [0.1, 0.15) is 12.4 Å². The van der Waals surface area contributed by atoms with Crippen LogP contribution < -0.4 is 4.74 Å². The Morgan fingerprint density at radius 3 is 2.52 bits per heavy atom. The molecule has 0 unspecified atom stereocenters. The van der Waals surface area contributed by atoms with Gasteiger partial charge in [-0.3, -0.25) is 0 Å². The van der Waals surface area contributed by atoms with E-state index in [1.165, 1.54) is 43.3 Å². The van der Waals surface area contributed by atoms with Crippen molar-refractivity contribution in [3.63, 3.8) is 0 Å². The quantitative estimate of drug-likeness (QED) is 0.412. The first kappa shape index (κ1) is 20.9. The summed E-state index contributed by atoms with van der Waals surface area (Å²) in [6.07, 6.45) is 4.92. The van der Waals surface area contributed by atoms with E-state index in [0.717, 1.165) is 29.2 Å². The van der Waals surface area contributed by atoms with Gasteiger partial charge in [-0.1, -0.05) is 53.4 Å². The number of piperidine rings is 1. The molecule has 1 aliphatic rings. The van der Waals surface area contributed by atoms with Gasteiger partial charge >= 0.3 is 0 Å². The van der Waals surface area contributed by atoms with Gasteiger partial charge in [0.15, 0.2) is 0 Å². The number of benzene rings is 2. The lowest BCUT2D eigenvalue weighted by molar-refractivity contribution is 0.231. The summed E-state index contributed by atoms with van der Waals surface area (Å²) in [5, 5.41) is 3.09. The summed E-state index contributed by atoms with van der Waals surface area (Å²) in [5.41, 5.74) is 3.50. The zero-order chi connectivity index (χ0) is 20.4. The van der Waals surface area contributed by atoms with Gasteiger partial charge in [-0.25, -0.2) is 0 Å². The van der Waals surface area contributed by atoms with E-state index in [1.807, 2.05) is 18.2 Å². The maximum atomic E-state index is 6.55. The van der Waals surface area contributed by atoms with Crippen LogP contribution in [-0.4, -0.2) is 29.1 Å². The van der Waals surface area contributed by atoms with Crippen molar-refractivity contribution in [1.29, 1.82) is 0 Å². The van der Waals surface area contributed by atoms with E-state index in [0.29, 0.717) is 22.4 Å². The summed E-state index contributed by atoms with van der Waals surface area (Å²) in [7, 11) is 2.06. The van der Waals surface area contributed by atoms with Crippen LogP contribution in [0.15, 0.2) is 36.4 Å². The first-order chi connectivity index (χ1) is 14.0. The third kappa shape index (κ3) is 4.54. The number of ether oxygens (including phenoxy) is 1. The number of para-hydroxylation sites is 1. The number of rotatable bonds is 6. The first-order valence-electron chi connectivity index (χ1n) is 10.1. The van der Waals surface area contributed by atoms with Gasteiger partial charge < -0.3 is 14.2 Å². The van der Waals surface area contributed by atoms with Gasteiger partial charge in [0, 0.05) is 24.0 Å². The third-order valence-electron chi connectivity index (χ3n) is 5.79. The lowest BCUT2D eigenvalue weighted by atomic mass is 10.1. The van der Waals surface area contributed by atoms with Gasteiger partial charge in [0.05, 0.1) is 21.3 Å². The first-order valence-corrected chi connectivity index (χ1v) is 11.2. The van der Waals surface area contributed by atoms with Crippen molar-refractivity contribution in [1.82, 2.24) is 9.47 Å². The molecular formula is C23H25Cl3N2O. The SMILES string of the molecule is Cn1c(COc2ccc(Cl)cc2Cl)c(CCN2CCCCC2)c2cccc(Cl)c21. The highest BCUT2D eigenvalue weighted by Crippen LogP contribution is 2.33. The van der Waals surface area contributed by atoms with Crippen molar-refractivity contribution in [2.45, 2.75) is 32.3 Å². The van der Waals surface area contributed by atoms with E-state index in [1.54, 1.807) is 12.1 Å². The summed E-state index contributed by atoms with van der Waals surface area (Å²) in [4.78, 5) is 2.56. The highest BCUT2D eigenvalue weighted by Gasteiger charge is 2.19. The molecule has 0 radical (unpaired) electrons. The second-order valence-corrected chi connectivity index (χ2v) is 8.89. The van der Waals surface area contributed by atoms with E-state index in [4.69, 9.17) is 39.5 Å². The van der Waals surface area contributed by atoms with Crippen LogP contribution in [0.4, 0.5) is 0 Å². The number of nitrogens with zero attached hydrogens (tertiary/aromatic N) is 2. The predicted octanol–water partition coefficient (Wildman–Crippen LogP) is 6.75. The molecule has 2 heterocycles. The molecule has 29 heavy (non-hydrogen) atoms. The minimum Gasteiger partial charge on any atom is -0.486 e. The number of aromatic nitrogens is 1. The summed E-state index contributed by atoms with van der Waals surface area (Å²) in [5.74, 6) is 0.634. The molecular weight excluding hydrogens is 427 g/mol. The molecule has 1 saturated heterocycles. The number of fused-ring (bicyclic) bond motifs is 1. The second kappa shape index (κ2) is 9.18. The Morgan fingerprint density at radius 2 is 1.76 bits per heavy atom. The maximum Gasteiger partial charge on any atom is 0.138 e. The van der Waals surface area contributed by atoms with Crippen LogP contribution in [0, 0.1) is 0 Å². The van der Waals surface area contributed by atoms with Crippen molar-refractivity contribution >= 4 is 45.7 Å². The Hall–Kier alpha value is -1.39. The van der Waals surface area contributed by atoms with Gasteiger partial charge in [0.25, 0.3) is 0 Å². The van der Waals surface area contributed by atoms with Crippen molar-refractivity contribution in [2.75, 3.05) is 19.6 Å². The second-order valence-electron chi connectivity index (χ2n) is 7.64.